The van der Waals surface area contributed by atoms with Crippen molar-refractivity contribution in [2.45, 2.75) is 38.6 Å². The third-order valence-corrected chi connectivity index (χ3v) is 4.50. The first-order chi connectivity index (χ1) is 11.6. The fraction of sp³-hybridized carbons (Fsp3) is 0.412. The van der Waals surface area contributed by atoms with Crippen molar-refractivity contribution in [3.63, 3.8) is 0 Å². The lowest BCUT2D eigenvalue weighted by Gasteiger charge is -2.18. The van der Waals surface area contributed by atoms with Gasteiger partial charge in [-0.3, -0.25) is 4.79 Å². The average Bonchev–Trinajstić information content (AvgIpc) is 3.19. The van der Waals surface area contributed by atoms with Crippen molar-refractivity contribution >= 4 is 5.91 Å². The minimum absolute atomic E-state index is 0.0950. The topological polar surface area (TPSA) is 96.6 Å². The van der Waals surface area contributed by atoms with Crippen LogP contribution in [0.25, 0.3) is 11.1 Å². The van der Waals surface area contributed by atoms with E-state index in [0.717, 1.165) is 33.9 Å². The molecule has 1 amide bonds. The number of rotatable bonds is 3. The number of nitrogens with one attached hydrogen (secondary N) is 2. The Balaban J connectivity index is 1.47. The van der Waals surface area contributed by atoms with Crippen LogP contribution in [0.5, 0.6) is 5.75 Å². The third kappa shape index (κ3) is 2.65. The molecule has 0 radical (unpaired) electrons. The molecule has 0 unspecified atom stereocenters. The monoisotopic (exact) mass is 329 g/mol. The Morgan fingerprint density at radius 3 is 3.17 bits per heavy atom. The van der Waals surface area contributed by atoms with Crippen molar-refractivity contribution in [1.29, 1.82) is 0 Å². The van der Waals surface area contributed by atoms with Crippen molar-refractivity contribution < 1.29 is 19.2 Å². The lowest BCUT2D eigenvalue weighted by atomic mass is 9.99. The number of hydrogen-bond donors (Lipinski definition) is 3. The van der Waals surface area contributed by atoms with E-state index < -0.39 is 6.10 Å². The second kappa shape index (κ2) is 5.92. The summed E-state index contributed by atoms with van der Waals surface area (Å²) in [4.78, 5) is 12.1. The first kappa shape index (κ1) is 15.2. The van der Waals surface area contributed by atoms with Gasteiger partial charge in [0.1, 0.15) is 12.4 Å². The highest BCUT2D eigenvalue weighted by Crippen LogP contribution is 2.39. The fourth-order valence-corrected chi connectivity index (χ4v) is 3.24. The Morgan fingerprint density at radius 1 is 1.50 bits per heavy atom. The molecule has 3 N–H and O–H groups in total. The minimum Gasteiger partial charge on any atom is -0.485 e. The minimum atomic E-state index is -0.445. The van der Waals surface area contributed by atoms with Crippen molar-refractivity contribution in [1.82, 2.24) is 15.8 Å². The number of ether oxygens (including phenoxy) is 1. The summed E-state index contributed by atoms with van der Waals surface area (Å²) < 4.78 is 11.0. The Morgan fingerprint density at radius 2 is 2.38 bits per heavy atom. The van der Waals surface area contributed by atoms with E-state index in [1.165, 1.54) is 0 Å². The average molecular weight is 329 g/mol. The summed E-state index contributed by atoms with van der Waals surface area (Å²) in [6, 6.07) is 5.54. The number of aliphatic hydroxyl groups excluding tert-OH is 1. The highest BCUT2D eigenvalue weighted by molar-refractivity contribution is 5.82. The molecule has 4 rings (SSSR count). The van der Waals surface area contributed by atoms with Gasteiger partial charge < -0.3 is 25.0 Å². The van der Waals surface area contributed by atoms with Gasteiger partial charge in [0.25, 0.3) is 0 Å². The van der Waals surface area contributed by atoms with Crippen molar-refractivity contribution in [2.24, 2.45) is 0 Å². The molecule has 0 aliphatic carbocycles. The van der Waals surface area contributed by atoms with E-state index in [1.807, 2.05) is 25.1 Å². The van der Waals surface area contributed by atoms with Gasteiger partial charge in [0.2, 0.25) is 5.91 Å². The maximum atomic E-state index is 12.1. The van der Waals surface area contributed by atoms with Gasteiger partial charge in [-0.1, -0.05) is 17.3 Å². The quantitative estimate of drug-likeness (QED) is 0.774. The summed E-state index contributed by atoms with van der Waals surface area (Å²) in [7, 11) is 0. The summed E-state index contributed by atoms with van der Waals surface area (Å²) in [5, 5.41) is 19.4. The summed E-state index contributed by atoms with van der Waals surface area (Å²) in [5.41, 5.74) is 3.77. The second-order valence-corrected chi connectivity index (χ2v) is 6.25. The van der Waals surface area contributed by atoms with Crippen molar-refractivity contribution in [2.75, 3.05) is 6.54 Å². The van der Waals surface area contributed by atoms with Crippen LogP contribution < -0.4 is 15.4 Å². The van der Waals surface area contributed by atoms with Crippen LogP contribution in [0.3, 0.4) is 0 Å². The molecule has 1 aromatic carbocycles. The van der Waals surface area contributed by atoms with Crippen LogP contribution in [0.2, 0.25) is 0 Å². The van der Waals surface area contributed by atoms with Gasteiger partial charge >= 0.3 is 0 Å². The summed E-state index contributed by atoms with van der Waals surface area (Å²) in [6.45, 7) is 3.15. The molecule has 3 heterocycles. The van der Waals surface area contributed by atoms with Crippen molar-refractivity contribution in [3.8, 4) is 16.9 Å². The van der Waals surface area contributed by atoms with Gasteiger partial charge in [-0.25, -0.2) is 0 Å². The molecule has 2 aliphatic heterocycles. The van der Waals surface area contributed by atoms with E-state index in [4.69, 9.17) is 9.26 Å². The molecule has 7 heteroatoms. The lowest BCUT2D eigenvalue weighted by Crippen LogP contribution is -2.40. The number of amides is 1. The third-order valence-electron chi connectivity index (χ3n) is 4.50. The van der Waals surface area contributed by atoms with E-state index >= 15 is 0 Å². The van der Waals surface area contributed by atoms with Gasteiger partial charge in [-0.2, -0.15) is 0 Å². The normalized spacial score (nSPS) is 21.8. The molecule has 1 saturated heterocycles. The van der Waals surface area contributed by atoms with E-state index in [0.29, 0.717) is 26.1 Å². The standard InChI is InChI=1S/C17H19N3O4/c1-9-16-12-3-2-10(4-14(12)23-8-15(16)24-20-9)6-19-17(22)13-5-11(21)7-18-13/h2-4,11,13,18,21H,5-8H2,1H3,(H,19,22)/t11-,13+/m1/s1. The molecule has 1 aromatic heterocycles. The number of aryl methyl sites for hydroxylation is 1. The van der Waals surface area contributed by atoms with Crippen LogP contribution in [-0.2, 0) is 17.9 Å². The number of benzene rings is 1. The molecule has 7 nitrogen and oxygen atoms in total. The largest absolute Gasteiger partial charge is 0.485 e. The number of carbonyl (C=O) groups is 1. The first-order valence-electron chi connectivity index (χ1n) is 8.02. The number of aromatic nitrogens is 1. The van der Waals surface area contributed by atoms with E-state index in [2.05, 4.69) is 15.8 Å². The van der Waals surface area contributed by atoms with Gasteiger partial charge in [0.05, 0.1) is 23.4 Å². The highest BCUT2D eigenvalue weighted by Gasteiger charge is 2.28. The molecule has 24 heavy (non-hydrogen) atoms. The lowest BCUT2D eigenvalue weighted by molar-refractivity contribution is -0.123. The molecule has 1 fully saturated rings. The number of carbonyl (C=O) groups excluding carboxylic acids is 1. The number of hydrogen-bond acceptors (Lipinski definition) is 6. The number of nitrogens with zero attached hydrogens (tertiary/aromatic N) is 1. The predicted molar refractivity (Wildman–Crippen MR) is 85.3 cm³/mol. The molecular weight excluding hydrogens is 310 g/mol. The zero-order valence-corrected chi connectivity index (χ0v) is 13.3. The van der Waals surface area contributed by atoms with Crippen LogP contribution in [0, 0.1) is 6.92 Å². The molecule has 2 aromatic rings. The number of β-amino-alcohol motifs (C(OH)–C–C–N with tert-alkyl or cyclic N) is 1. The number of aliphatic hydroxyl groups is 1. The smallest absolute Gasteiger partial charge is 0.237 e. The Kier molecular flexibility index (Phi) is 3.74. The highest BCUT2D eigenvalue weighted by atomic mass is 16.5. The van der Waals surface area contributed by atoms with Gasteiger partial charge in [-0.05, 0) is 25.0 Å². The second-order valence-electron chi connectivity index (χ2n) is 6.25. The SMILES string of the molecule is Cc1noc2c1-c1ccc(CNC(=O)[C@@H]3C[C@@H](O)CN3)cc1OC2. The van der Waals surface area contributed by atoms with E-state index in [1.54, 1.807) is 0 Å². The molecule has 0 saturated carbocycles. The summed E-state index contributed by atoms with van der Waals surface area (Å²) in [6.07, 6.45) is 0.00759. The van der Waals surface area contributed by atoms with Crippen LogP contribution in [0.15, 0.2) is 22.7 Å². The van der Waals surface area contributed by atoms with Crippen LogP contribution in [-0.4, -0.2) is 34.9 Å². The maximum absolute atomic E-state index is 12.1. The van der Waals surface area contributed by atoms with Gasteiger partial charge in [0.15, 0.2) is 5.76 Å². The zero-order valence-electron chi connectivity index (χ0n) is 13.3. The molecule has 0 spiro atoms. The van der Waals surface area contributed by atoms with Crippen LogP contribution >= 0.6 is 0 Å². The van der Waals surface area contributed by atoms with Crippen LogP contribution in [0.4, 0.5) is 0 Å². The molecule has 126 valence electrons. The first-order valence-corrected chi connectivity index (χ1v) is 8.02. The molecular formula is C17H19N3O4. The van der Waals surface area contributed by atoms with Crippen molar-refractivity contribution in [3.05, 3.63) is 35.2 Å². The van der Waals surface area contributed by atoms with Gasteiger partial charge in [-0.15, -0.1) is 0 Å². The summed E-state index contributed by atoms with van der Waals surface area (Å²) >= 11 is 0. The number of fused-ring (bicyclic) bond motifs is 3. The van der Waals surface area contributed by atoms with Crippen LogP contribution in [0.1, 0.15) is 23.4 Å². The van der Waals surface area contributed by atoms with Gasteiger partial charge in [0, 0.05) is 18.7 Å². The Hall–Kier alpha value is -2.38. The Bertz CT molecular complexity index is 786. The molecule has 2 aliphatic rings. The maximum Gasteiger partial charge on any atom is 0.237 e. The Labute approximate surface area is 139 Å². The molecule has 0 bridgehead atoms. The molecule has 2 atom stereocenters. The fourth-order valence-electron chi connectivity index (χ4n) is 3.24. The van der Waals surface area contributed by atoms with E-state index in [-0.39, 0.29) is 11.9 Å². The predicted octanol–water partition coefficient (Wildman–Crippen LogP) is 0.881. The zero-order chi connectivity index (χ0) is 16.7. The van der Waals surface area contributed by atoms with E-state index in [9.17, 15) is 9.90 Å². The summed E-state index contributed by atoms with van der Waals surface area (Å²) in [5.74, 6) is 1.42.